The summed E-state index contributed by atoms with van der Waals surface area (Å²) < 4.78 is 18.8. The Hall–Kier alpha value is -2.62. The summed E-state index contributed by atoms with van der Waals surface area (Å²) in [5, 5.41) is 11.5. The molecule has 1 heterocycles. The molecule has 134 valence electrons. The molecule has 0 saturated carbocycles. The van der Waals surface area contributed by atoms with Gasteiger partial charge in [-0.05, 0) is 38.5 Å². The Morgan fingerprint density at radius 3 is 2.72 bits per heavy atom. The molecule has 0 aromatic heterocycles. The first-order chi connectivity index (χ1) is 11.7. The molecule has 6 nitrogen and oxygen atoms in total. The molecule has 1 saturated heterocycles. The first-order valence-corrected chi connectivity index (χ1v) is 8.09. The number of rotatable bonds is 3. The number of ether oxygens (including phenoxy) is 1. The van der Waals surface area contributed by atoms with Gasteiger partial charge in [-0.15, -0.1) is 0 Å². The van der Waals surface area contributed by atoms with Crippen LogP contribution in [0.4, 0.5) is 9.18 Å². The Bertz CT molecular complexity index is 694. The number of alkyl carbamates (subject to hydrolysis) is 1. The van der Waals surface area contributed by atoms with Crippen molar-refractivity contribution in [3.8, 4) is 6.07 Å². The van der Waals surface area contributed by atoms with Crippen molar-refractivity contribution in [3.63, 3.8) is 0 Å². The Balaban J connectivity index is 2.19. The lowest BCUT2D eigenvalue weighted by atomic mass is 9.94. The van der Waals surface area contributed by atoms with Crippen LogP contribution in [0.3, 0.4) is 0 Å². The molecule has 0 spiro atoms. The molecule has 1 aromatic rings. The van der Waals surface area contributed by atoms with Gasteiger partial charge in [0.1, 0.15) is 17.8 Å². The number of nitriles is 1. The molecule has 1 aliphatic heterocycles. The van der Waals surface area contributed by atoms with E-state index in [0.717, 1.165) is 0 Å². The van der Waals surface area contributed by atoms with Crippen LogP contribution in [0.1, 0.15) is 38.7 Å². The van der Waals surface area contributed by atoms with Crippen LogP contribution in [-0.4, -0.2) is 41.6 Å². The van der Waals surface area contributed by atoms with E-state index in [0.29, 0.717) is 12.1 Å². The average molecular weight is 347 g/mol. The second kappa shape index (κ2) is 7.51. The van der Waals surface area contributed by atoms with Crippen LogP contribution < -0.4 is 5.32 Å². The van der Waals surface area contributed by atoms with Crippen LogP contribution in [0.5, 0.6) is 0 Å². The minimum Gasteiger partial charge on any atom is -0.444 e. The van der Waals surface area contributed by atoms with E-state index in [1.807, 2.05) is 6.07 Å². The molecule has 0 radical (unpaired) electrons. The largest absolute Gasteiger partial charge is 0.444 e. The number of benzene rings is 1. The summed E-state index contributed by atoms with van der Waals surface area (Å²) >= 11 is 0. The van der Waals surface area contributed by atoms with Crippen LogP contribution in [0.2, 0.25) is 0 Å². The molecule has 2 atom stereocenters. The highest BCUT2D eigenvalue weighted by Crippen LogP contribution is 2.29. The van der Waals surface area contributed by atoms with Crippen molar-refractivity contribution in [1.29, 1.82) is 5.26 Å². The maximum Gasteiger partial charge on any atom is 0.407 e. The van der Waals surface area contributed by atoms with E-state index in [1.165, 1.54) is 17.0 Å². The van der Waals surface area contributed by atoms with E-state index < -0.39 is 17.7 Å². The normalized spacial score (nSPS) is 20.0. The van der Waals surface area contributed by atoms with Gasteiger partial charge in [0, 0.05) is 19.0 Å². The Morgan fingerprint density at radius 1 is 1.40 bits per heavy atom. The van der Waals surface area contributed by atoms with E-state index in [9.17, 15) is 14.0 Å². The van der Waals surface area contributed by atoms with Crippen molar-refractivity contribution in [2.24, 2.45) is 0 Å². The fraction of sp³-hybridized carbons (Fsp3) is 0.500. The van der Waals surface area contributed by atoms with Crippen molar-refractivity contribution in [2.45, 2.75) is 44.8 Å². The zero-order chi connectivity index (χ0) is 18.6. The number of nitrogens with zero attached hydrogens (tertiary/aromatic N) is 2. The Kier molecular flexibility index (Phi) is 5.62. The van der Waals surface area contributed by atoms with Gasteiger partial charge < -0.3 is 15.0 Å². The third kappa shape index (κ3) is 5.18. The number of nitrogens with one attached hydrogen (secondary N) is 1. The van der Waals surface area contributed by atoms with Crippen LogP contribution in [0.15, 0.2) is 24.3 Å². The lowest BCUT2D eigenvalue weighted by Gasteiger charge is -2.24. The molecule has 1 N–H and O–H groups in total. The monoisotopic (exact) mass is 347 g/mol. The van der Waals surface area contributed by atoms with Gasteiger partial charge in [-0.25, -0.2) is 9.18 Å². The van der Waals surface area contributed by atoms with Gasteiger partial charge in [0.05, 0.1) is 12.1 Å². The van der Waals surface area contributed by atoms with Gasteiger partial charge in [-0.1, -0.05) is 12.1 Å². The van der Waals surface area contributed by atoms with Crippen LogP contribution >= 0.6 is 0 Å². The lowest BCUT2D eigenvalue weighted by molar-refractivity contribution is -0.129. The zero-order valence-electron chi connectivity index (χ0n) is 14.6. The molecule has 1 aromatic carbocycles. The van der Waals surface area contributed by atoms with Crippen molar-refractivity contribution in [1.82, 2.24) is 10.2 Å². The van der Waals surface area contributed by atoms with Crippen LogP contribution in [-0.2, 0) is 9.53 Å². The first kappa shape index (κ1) is 18.7. The van der Waals surface area contributed by atoms with Crippen molar-refractivity contribution in [3.05, 3.63) is 35.6 Å². The van der Waals surface area contributed by atoms with E-state index in [4.69, 9.17) is 10.00 Å². The number of likely N-dealkylation sites (tertiary alicyclic amines) is 1. The zero-order valence-corrected chi connectivity index (χ0v) is 14.6. The van der Waals surface area contributed by atoms with Gasteiger partial charge >= 0.3 is 6.09 Å². The van der Waals surface area contributed by atoms with Crippen molar-refractivity contribution < 1.29 is 18.7 Å². The molecule has 1 aliphatic rings. The molecule has 25 heavy (non-hydrogen) atoms. The summed E-state index contributed by atoms with van der Waals surface area (Å²) in [4.78, 5) is 25.6. The lowest BCUT2D eigenvalue weighted by Crippen LogP contribution is -2.43. The van der Waals surface area contributed by atoms with Crippen LogP contribution in [0, 0.1) is 17.1 Å². The fourth-order valence-electron chi connectivity index (χ4n) is 2.87. The maximum atomic E-state index is 13.6. The van der Waals surface area contributed by atoms with Crippen molar-refractivity contribution >= 4 is 12.0 Å². The van der Waals surface area contributed by atoms with Gasteiger partial charge in [0.15, 0.2) is 0 Å². The summed E-state index contributed by atoms with van der Waals surface area (Å²) in [5.74, 6) is -0.960. The standard InChI is InChI=1S/C18H22FN3O3/c1-18(2,3)25-17(24)21-15-11-22(16(23)7-8-20)10-14(15)12-5-4-6-13(19)9-12/h4-6,9,14-15H,7,10-11H2,1-3H3,(H,21,24)/t14-,15+/m0/s1. The molecular formula is C18H22FN3O3. The average Bonchev–Trinajstić information content (AvgIpc) is 2.89. The predicted octanol–water partition coefficient (Wildman–Crippen LogP) is 2.56. The molecule has 0 unspecified atom stereocenters. The summed E-state index contributed by atoms with van der Waals surface area (Å²) in [6.07, 6.45) is -0.817. The molecule has 0 bridgehead atoms. The van der Waals surface area contributed by atoms with Gasteiger partial charge in [0.2, 0.25) is 5.91 Å². The topological polar surface area (TPSA) is 82.4 Å². The van der Waals surface area contributed by atoms with E-state index in [-0.39, 0.29) is 30.6 Å². The molecule has 0 aliphatic carbocycles. The van der Waals surface area contributed by atoms with E-state index in [2.05, 4.69) is 5.32 Å². The quantitative estimate of drug-likeness (QED) is 0.911. The third-order valence-electron chi connectivity index (χ3n) is 3.88. The second-order valence-corrected chi connectivity index (χ2v) is 7.05. The molecular weight excluding hydrogens is 325 g/mol. The second-order valence-electron chi connectivity index (χ2n) is 7.05. The first-order valence-electron chi connectivity index (χ1n) is 8.09. The van der Waals surface area contributed by atoms with Gasteiger partial charge in [-0.2, -0.15) is 5.26 Å². The minimum atomic E-state index is -0.645. The minimum absolute atomic E-state index is 0.227. The summed E-state index contributed by atoms with van der Waals surface area (Å²) in [6.45, 7) is 5.83. The number of amides is 2. The predicted molar refractivity (Wildman–Crippen MR) is 89.1 cm³/mol. The number of carbonyl (C=O) groups excluding carboxylic acids is 2. The van der Waals surface area contributed by atoms with E-state index in [1.54, 1.807) is 32.9 Å². The summed E-state index contributed by atoms with van der Waals surface area (Å²) in [7, 11) is 0. The molecule has 1 fully saturated rings. The number of halogens is 1. The third-order valence-corrected chi connectivity index (χ3v) is 3.88. The number of hydrogen-bond donors (Lipinski definition) is 1. The highest BCUT2D eigenvalue weighted by Gasteiger charge is 2.37. The van der Waals surface area contributed by atoms with Crippen molar-refractivity contribution in [2.75, 3.05) is 13.1 Å². The highest BCUT2D eigenvalue weighted by atomic mass is 19.1. The number of hydrogen-bond acceptors (Lipinski definition) is 4. The van der Waals surface area contributed by atoms with Gasteiger partial charge in [-0.3, -0.25) is 4.79 Å². The smallest absolute Gasteiger partial charge is 0.407 e. The Morgan fingerprint density at radius 2 is 2.12 bits per heavy atom. The summed E-state index contributed by atoms with van der Waals surface area (Å²) in [6, 6.07) is 7.50. The maximum absolute atomic E-state index is 13.6. The summed E-state index contributed by atoms with van der Waals surface area (Å²) in [5.41, 5.74) is 0.0428. The molecule has 2 rings (SSSR count). The SMILES string of the molecule is CC(C)(C)OC(=O)N[C@@H]1CN(C(=O)CC#N)C[C@H]1c1cccc(F)c1. The highest BCUT2D eigenvalue weighted by molar-refractivity contribution is 5.79. The number of carbonyl (C=O) groups is 2. The van der Waals surface area contributed by atoms with Gasteiger partial charge in [0.25, 0.3) is 0 Å². The molecule has 7 heteroatoms. The fourth-order valence-corrected chi connectivity index (χ4v) is 2.87. The molecule has 2 amide bonds. The van der Waals surface area contributed by atoms with E-state index >= 15 is 0 Å². The Labute approximate surface area is 146 Å². The van der Waals surface area contributed by atoms with Crippen LogP contribution in [0.25, 0.3) is 0 Å².